The van der Waals surface area contributed by atoms with E-state index in [2.05, 4.69) is 13.0 Å². The van der Waals surface area contributed by atoms with Crippen molar-refractivity contribution in [2.45, 2.75) is 13.3 Å². The molecule has 9 heteroatoms. The Morgan fingerprint density at radius 2 is 1.85 bits per heavy atom. The van der Waals surface area contributed by atoms with Crippen LogP contribution in [0.1, 0.15) is 23.7 Å². The fourth-order valence-electron chi connectivity index (χ4n) is 3.55. The van der Waals surface area contributed by atoms with Crippen LogP contribution in [0.25, 0.3) is 0 Å². The molecule has 26 heavy (non-hydrogen) atoms. The second-order valence-corrected chi connectivity index (χ2v) is 6.60. The van der Waals surface area contributed by atoms with Crippen LogP contribution in [0.5, 0.6) is 0 Å². The molecule has 1 aliphatic carbocycles. The molecule has 9 nitrogen and oxygen atoms in total. The molecule has 0 N–H and O–H groups in total. The van der Waals surface area contributed by atoms with Gasteiger partial charge in [0.2, 0.25) is 0 Å². The topological polar surface area (TPSA) is 122 Å². The Balaban J connectivity index is 1.72. The van der Waals surface area contributed by atoms with Crippen molar-refractivity contribution in [1.82, 2.24) is 0 Å². The molecule has 138 valence electrons. The summed E-state index contributed by atoms with van der Waals surface area (Å²) in [6.07, 6.45) is 2.88. The van der Waals surface area contributed by atoms with E-state index in [0.717, 1.165) is 24.6 Å². The molecule has 1 aromatic rings. The molecule has 0 bridgehead atoms. The molecule has 0 amide bonds. The molecule has 1 fully saturated rings. The number of allylic oxidation sites excluding steroid dienone is 1. The maximum Gasteiger partial charge on any atom is 0.338 e. The van der Waals surface area contributed by atoms with Crippen molar-refractivity contribution in [2.24, 2.45) is 17.8 Å². The summed E-state index contributed by atoms with van der Waals surface area (Å²) < 4.78 is 10.8. The summed E-state index contributed by atoms with van der Waals surface area (Å²) in [6.45, 7) is 3.48. The van der Waals surface area contributed by atoms with E-state index in [1.807, 2.05) is 0 Å². The van der Waals surface area contributed by atoms with Crippen LogP contribution in [0, 0.1) is 38.0 Å². The number of hydrogen-bond acceptors (Lipinski definition) is 7. The summed E-state index contributed by atoms with van der Waals surface area (Å²) in [7, 11) is 0. The number of nitrogens with zero attached hydrogens (tertiary/aromatic N) is 2. The van der Waals surface area contributed by atoms with Gasteiger partial charge in [-0.2, -0.15) is 0 Å². The number of benzene rings is 1. The SMILES string of the molecule is CC1=CC[C@H](COC(=O)c2cc([N+](=O)[O-])cc([N+](=O)[O-])c2)[C@H]2COC[C@H]12. The lowest BCUT2D eigenvalue weighted by molar-refractivity contribution is -0.394. The quantitative estimate of drug-likeness (QED) is 0.341. The maximum atomic E-state index is 12.3. The highest BCUT2D eigenvalue weighted by atomic mass is 16.6. The highest BCUT2D eigenvalue weighted by Gasteiger charge is 2.38. The van der Waals surface area contributed by atoms with Crippen LogP contribution in [-0.4, -0.2) is 35.6 Å². The lowest BCUT2D eigenvalue weighted by atomic mass is 9.74. The first-order chi connectivity index (χ1) is 12.4. The van der Waals surface area contributed by atoms with E-state index >= 15 is 0 Å². The second-order valence-electron chi connectivity index (χ2n) is 6.60. The molecule has 2 aliphatic rings. The molecule has 0 unspecified atom stereocenters. The van der Waals surface area contributed by atoms with E-state index in [1.54, 1.807) is 0 Å². The van der Waals surface area contributed by atoms with E-state index in [9.17, 15) is 25.0 Å². The number of carbonyl (C=O) groups excluding carboxylic acids is 1. The van der Waals surface area contributed by atoms with E-state index < -0.39 is 27.2 Å². The zero-order valence-corrected chi connectivity index (χ0v) is 14.1. The van der Waals surface area contributed by atoms with Gasteiger partial charge in [-0.25, -0.2) is 4.79 Å². The van der Waals surface area contributed by atoms with E-state index in [-0.39, 0.29) is 24.0 Å². The number of rotatable bonds is 5. The van der Waals surface area contributed by atoms with Crippen molar-refractivity contribution in [3.8, 4) is 0 Å². The van der Waals surface area contributed by atoms with Gasteiger partial charge in [0.15, 0.2) is 0 Å². The normalized spacial score (nSPS) is 24.5. The molecule has 1 heterocycles. The van der Waals surface area contributed by atoms with Crippen molar-refractivity contribution in [3.63, 3.8) is 0 Å². The molecule has 0 aromatic heterocycles. The van der Waals surface area contributed by atoms with E-state index in [4.69, 9.17) is 9.47 Å². The van der Waals surface area contributed by atoms with Crippen molar-refractivity contribution in [2.75, 3.05) is 19.8 Å². The Labute approximate surface area is 148 Å². The summed E-state index contributed by atoms with van der Waals surface area (Å²) in [5, 5.41) is 21.8. The lowest BCUT2D eigenvalue weighted by Gasteiger charge is -2.31. The summed E-state index contributed by atoms with van der Waals surface area (Å²) in [5.74, 6) is -0.110. The average molecular weight is 362 g/mol. The molecule has 1 aromatic carbocycles. The van der Waals surface area contributed by atoms with Gasteiger partial charge in [0.05, 0.1) is 41.3 Å². The number of hydrogen-bond donors (Lipinski definition) is 0. The van der Waals surface area contributed by atoms with E-state index in [1.165, 1.54) is 5.57 Å². The van der Waals surface area contributed by atoms with Gasteiger partial charge in [0, 0.05) is 24.0 Å². The van der Waals surface area contributed by atoms with Gasteiger partial charge in [-0.15, -0.1) is 0 Å². The summed E-state index contributed by atoms with van der Waals surface area (Å²) in [4.78, 5) is 32.6. The third-order valence-electron chi connectivity index (χ3n) is 5.05. The predicted molar refractivity (Wildman–Crippen MR) is 89.7 cm³/mol. The summed E-state index contributed by atoms with van der Waals surface area (Å²) >= 11 is 0. The fraction of sp³-hybridized carbons (Fsp3) is 0.471. The monoisotopic (exact) mass is 362 g/mol. The highest BCUT2D eigenvalue weighted by Crippen LogP contribution is 2.39. The van der Waals surface area contributed by atoms with Gasteiger partial charge in [-0.3, -0.25) is 20.2 Å². The fourth-order valence-corrected chi connectivity index (χ4v) is 3.55. The summed E-state index contributed by atoms with van der Waals surface area (Å²) in [6, 6.07) is 2.79. The van der Waals surface area contributed by atoms with Gasteiger partial charge in [-0.1, -0.05) is 11.6 Å². The lowest BCUT2D eigenvalue weighted by Crippen LogP contribution is -2.30. The van der Waals surface area contributed by atoms with Gasteiger partial charge in [0.25, 0.3) is 11.4 Å². The molecular weight excluding hydrogens is 344 g/mol. The average Bonchev–Trinajstić information content (AvgIpc) is 3.11. The van der Waals surface area contributed by atoms with Gasteiger partial charge in [-0.05, 0) is 19.3 Å². The van der Waals surface area contributed by atoms with Crippen LogP contribution in [0.2, 0.25) is 0 Å². The van der Waals surface area contributed by atoms with Crippen LogP contribution in [0.4, 0.5) is 11.4 Å². The number of esters is 1. The molecule has 0 saturated carbocycles. The van der Waals surface area contributed by atoms with Crippen molar-refractivity contribution >= 4 is 17.3 Å². The Morgan fingerprint density at radius 3 is 2.46 bits per heavy atom. The minimum Gasteiger partial charge on any atom is -0.462 e. The molecule has 0 spiro atoms. The number of nitro groups is 2. The molecule has 1 aliphatic heterocycles. The first-order valence-electron chi connectivity index (χ1n) is 8.22. The number of non-ortho nitro benzene ring substituents is 2. The number of fused-ring (bicyclic) bond motifs is 1. The van der Waals surface area contributed by atoms with Crippen molar-refractivity contribution in [1.29, 1.82) is 0 Å². The maximum absolute atomic E-state index is 12.3. The third-order valence-corrected chi connectivity index (χ3v) is 5.05. The zero-order valence-electron chi connectivity index (χ0n) is 14.1. The Kier molecular flexibility index (Phi) is 4.99. The Bertz CT molecular complexity index is 757. The first-order valence-corrected chi connectivity index (χ1v) is 8.22. The zero-order chi connectivity index (χ0) is 18.8. The van der Waals surface area contributed by atoms with Crippen LogP contribution in [0.3, 0.4) is 0 Å². The largest absolute Gasteiger partial charge is 0.462 e. The summed E-state index contributed by atoms with van der Waals surface area (Å²) in [5.41, 5.74) is 0.0373. The standard InChI is InChI=1S/C17H18N2O7/c1-10-2-3-11(16-9-25-8-15(10)16)7-26-17(20)12-4-13(18(21)22)6-14(5-12)19(23)24/h2,4-6,11,15-16H,3,7-9H2,1H3/t11-,15-,16-/m1/s1. The van der Waals surface area contributed by atoms with Crippen LogP contribution < -0.4 is 0 Å². The predicted octanol–water partition coefficient (Wildman–Crippen LogP) is 2.89. The van der Waals surface area contributed by atoms with Gasteiger partial charge >= 0.3 is 5.97 Å². The minimum absolute atomic E-state index is 0.101. The van der Waals surface area contributed by atoms with E-state index in [0.29, 0.717) is 19.1 Å². The Hall–Kier alpha value is -2.81. The van der Waals surface area contributed by atoms with Crippen molar-refractivity contribution < 1.29 is 24.1 Å². The number of ether oxygens (including phenoxy) is 2. The number of nitro benzene ring substituents is 2. The van der Waals surface area contributed by atoms with Gasteiger partial charge in [0.1, 0.15) is 0 Å². The van der Waals surface area contributed by atoms with Crippen LogP contribution in [0.15, 0.2) is 29.8 Å². The smallest absolute Gasteiger partial charge is 0.338 e. The molecule has 1 saturated heterocycles. The van der Waals surface area contributed by atoms with Gasteiger partial charge < -0.3 is 9.47 Å². The molecule has 3 rings (SSSR count). The first kappa shape index (κ1) is 18.0. The third kappa shape index (κ3) is 3.57. The van der Waals surface area contributed by atoms with Crippen LogP contribution in [-0.2, 0) is 9.47 Å². The molecular formula is C17H18N2O7. The van der Waals surface area contributed by atoms with Crippen molar-refractivity contribution in [3.05, 3.63) is 55.6 Å². The molecule has 3 atom stereocenters. The minimum atomic E-state index is -0.807. The highest BCUT2D eigenvalue weighted by molar-refractivity contribution is 5.91. The Morgan fingerprint density at radius 1 is 1.19 bits per heavy atom. The second kappa shape index (κ2) is 7.20. The number of carbonyl (C=O) groups is 1. The van der Waals surface area contributed by atoms with Crippen LogP contribution >= 0.6 is 0 Å². The molecule has 0 radical (unpaired) electrons.